The van der Waals surface area contributed by atoms with Crippen LogP contribution in [0.4, 0.5) is 0 Å². The van der Waals surface area contributed by atoms with Gasteiger partial charge in [0.25, 0.3) is 5.91 Å². The van der Waals surface area contributed by atoms with Gasteiger partial charge in [0, 0.05) is 18.7 Å². The van der Waals surface area contributed by atoms with E-state index in [0.717, 1.165) is 5.56 Å². The number of carbonyl (C=O) groups excluding carboxylic acids is 2. The second-order valence-electron chi connectivity index (χ2n) is 5.55. The van der Waals surface area contributed by atoms with Crippen LogP contribution < -0.4 is 16.4 Å². The van der Waals surface area contributed by atoms with Gasteiger partial charge in [-0.1, -0.05) is 32.0 Å². The lowest BCUT2D eigenvalue weighted by Gasteiger charge is -2.20. The van der Waals surface area contributed by atoms with Crippen LogP contribution >= 0.6 is 12.4 Å². The van der Waals surface area contributed by atoms with E-state index in [4.69, 9.17) is 5.73 Å². The van der Waals surface area contributed by atoms with Crippen molar-refractivity contribution in [2.45, 2.75) is 33.2 Å². The standard InChI is InChI=1S/C16H25N3O2.ClH/c1-11(2)10-14(16(21)18-9-8-17)19-15(20)13-7-5-4-6-12(13)3;/h4-7,11,14H,8-10,17H2,1-3H3,(H,18,21)(H,19,20);1H. The highest BCUT2D eigenvalue weighted by Crippen LogP contribution is 2.10. The van der Waals surface area contributed by atoms with E-state index in [1.807, 2.05) is 39.0 Å². The molecule has 1 atom stereocenters. The molecule has 0 saturated heterocycles. The maximum Gasteiger partial charge on any atom is 0.252 e. The van der Waals surface area contributed by atoms with Crippen LogP contribution in [-0.2, 0) is 4.79 Å². The molecule has 0 aliphatic carbocycles. The zero-order chi connectivity index (χ0) is 15.8. The number of amides is 2. The van der Waals surface area contributed by atoms with Crippen LogP contribution in [0.5, 0.6) is 0 Å². The van der Waals surface area contributed by atoms with Crippen molar-refractivity contribution < 1.29 is 9.59 Å². The molecule has 0 fully saturated rings. The first-order valence-corrected chi connectivity index (χ1v) is 7.30. The van der Waals surface area contributed by atoms with E-state index in [-0.39, 0.29) is 24.2 Å². The predicted octanol–water partition coefficient (Wildman–Crippen LogP) is 1.64. The third-order valence-electron chi connectivity index (χ3n) is 3.16. The highest BCUT2D eigenvalue weighted by molar-refractivity contribution is 5.98. The Morgan fingerprint density at radius 1 is 1.23 bits per heavy atom. The SMILES string of the molecule is Cc1ccccc1C(=O)NC(CC(C)C)C(=O)NCCN.Cl. The second kappa shape index (κ2) is 10.2. The summed E-state index contributed by atoms with van der Waals surface area (Å²) in [6.07, 6.45) is 0.591. The smallest absolute Gasteiger partial charge is 0.252 e. The number of rotatable bonds is 7. The van der Waals surface area contributed by atoms with Crippen molar-refractivity contribution in [3.05, 3.63) is 35.4 Å². The van der Waals surface area contributed by atoms with Crippen molar-refractivity contribution in [2.24, 2.45) is 11.7 Å². The van der Waals surface area contributed by atoms with Crippen molar-refractivity contribution in [2.75, 3.05) is 13.1 Å². The van der Waals surface area contributed by atoms with Crippen LogP contribution in [0.1, 0.15) is 36.2 Å². The summed E-state index contributed by atoms with van der Waals surface area (Å²) in [6.45, 7) is 6.70. The van der Waals surface area contributed by atoms with Crippen molar-refractivity contribution in [3.8, 4) is 0 Å². The summed E-state index contributed by atoms with van der Waals surface area (Å²) in [7, 11) is 0. The molecule has 1 aromatic carbocycles. The lowest BCUT2D eigenvalue weighted by molar-refractivity contribution is -0.123. The quantitative estimate of drug-likeness (QED) is 0.711. The summed E-state index contributed by atoms with van der Waals surface area (Å²) in [5.41, 5.74) is 6.87. The summed E-state index contributed by atoms with van der Waals surface area (Å²) >= 11 is 0. The molecule has 1 aromatic rings. The lowest BCUT2D eigenvalue weighted by atomic mass is 10.0. The Morgan fingerprint density at radius 3 is 2.41 bits per heavy atom. The molecule has 1 rings (SSSR count). The van der Waals surface area contributed by atoms with Gasteiger partial charge in [-0.05, 0) is 30.9 Å². The van der Waals surface area contributed by atoms with Crippen LogP contribution in [0.3, 0.4) is 0 Å². The average Bonchev–Trinajstić information content (AvgIpc) is 2.43. The number of halogens is 1. The van der Waals surface area contributed by atoms with Gasteiger partial charge in [-0.2, -0.15) is 0 Å². The monoisotopic (exact) mass is 327 g/mol. The van der Waals surface area contributed by atoms with E-state index in [1.165, 1.54) is 0 Å². The summed E-state index contributed by atoms with van der Waals surface area (Å²) in [6, 6.07) is 6.79. The Balaban J connectivity index is 0.00000441. The summed E-state index contributed by atoms with van der Waals surface area (Å²) in [5.74, 6) is -0.103. The van der Waals surface area contributed by atoms with E-state index in [0.29, 0.717) is 31.0 Å². The molecule has 0 saturated carbocycles. The maximum absolute atomic E-state index is 12.3. The molecule has 6 heteroatoms. The van der Waals surface area contributed by atoms with Gasteiger partial charge in [-0.3, -0.25) is 9.59 Å². The number of hydrogen-bond acceptors (Lipinski definition) is 3. The molecule has 0 bridgehead atoms. The first-order chi connectivity index (χ1) is 9.95. The minimum atomic E-state index is -0.538. The average molecular weight is 328 g/mol. The van der Waals surface area contributed by atoms with Crippen LogP contribution in [0.25, 0.3) is 0 Å². The highest BCUT2D eigenvalue weighted by atomic mass is 35.5. The van der Waals surface area contributed by atoms with Gasteiger partial charge in [0.15, 0.2) is 0 Å². The summed E-state index contributed by atoms with van der Waals surface area (Å²) in [4.78, 5) is 24.4. The van der Waals surface area contributed by atoms with E-state index >= 15 is 0 Å². The summed E-state index contributed by atoms with van der Waals surface area (Å²) < 4.78 is 0. The Morgan fingerprint density at radius 2 is 1.86 bits per heavy atom. The van der Waals surface area contributed by atoms with Gasteiger partial charge in [0.1, 0.15) is 6.04 Å². The lowest BCUT2D eigenvalue weighted by Crippen LogP contribution is -2.48. The largest absolute Gasteiger partial charge is 0.353 e. The zero-order valence-electron chi connectivity index (χ0n) is 13.4. The minimum Gasteiger partial charge on any atom is -0.353 e. The molecule has 0 aromatic heterocycles. The first-order valence-electron chi connectivity index (χ1n) is 7.30. The van der Waals surface area contributed by atoms with Crippen molar-refractivity contribution in [1.82, 2.24) is 10.6 Å². The Kier molecular flexibility index (Phi) is 9.45. The third kappa shape index (κ3) is 6.45. The maximum atomic E-state index is 12.3. The van der Waals surface area contributed by atoms with E-state index in [1.54, 1.807) is 6.07 Å². The molecule has 1 unspecified atom stereocenters. The van der Waals surface area contributed by atoms with Crippen LogP contribution in [-0.4, -0.2) is 30.9 Å². The fourth-order valence-electron chi connectivity index (χ4n) is 2.09. The molecule has 0 radical (unpaired) electrons. The topological polar surface area (TPSA) is 84.2 Å². The van der Waals surface area contributed by atoms with Gasteiger partial charge in [-0.25, -0.2) is 0 Å². The van der Waals surface area contributed by atoms with Crippen molar-refractivity contribution >= 4 is 24.2 Å². The number of nitrogens with two attached hydrogens (primary N) is 1. The molecule has 0 heterocycles. The fraction of sp³-hybridized carbons (Fsp3) is 0.500. The minimum absolute atomic E-state index is 0. The van der Waals surface area contributed by atoms with Crippen LogP contribution in [0, 0.1) is 12.8 Å². The zero-order valence-corrected chi connectivity index (χ0v) is 14.2. The van der Waals surface area contributed by atoms with E-state index in [2.05, 4.69) is 10.6 Å². The van der Waals surface area contributed by atoms with Crippen molar-refractivity contribution in [3.63, 3.8) is 0 Å². The fourth-order valence-corrected chi connectivity index (χ4v) is 2.09. The summed E-state index contributed by atoms with van der Waals surface area (Å²) in [5, 5.41) is 5.55. The molecule has 2 amide bonds. The Labute approximate surface area is 138 Å². The van der Waals surface area contributed by atoms with E-state index < -0.39 is 6.04 Å². The number of carbonyl (C=O) groups is 2. The van der Waals surface area contributed by atoms with Gasteiger partial charge in [0.2, 0.25) is 5.91 Å². The number of aryl methyl sites for hydroxylation is 1. The molecule has 4 N–H and O–H groups in total. The van der Waals surface area contributed by atoms with Crippen molar-refractivity contribution in [1.29, 1.82) is 0 Å². The highest BCUT2D eigenvalue weighted by Gasteiger charge is 2.22. The molecule has 5 nitrogen and oxygen atoms in total. The number of nitrogens with one attached hydrogen (secondary N) is 2. The number of benzene rings is 1. The van der Waals surface area contributed by atoms with Gasteiger partial charge in [0.05, 0.1) is 0 Å². The first kappa shape index (κ1) is 20.4. The Bertz CT molecular complexity index is 492. The molecule has 0 aliphatic rings. The third-order valence-corrected chi connectivity index (χ3v) is 3.16. The van der Waals surface area contributed by atoms with Gasteiger partial charge >= 0.3 is 0 Å². The van der Waals surface area contributed by atoms with Gasteiger partial charge in [-0.15, -0.1) is 12.4 Å². The van der Waals surface area contributed by atoms with Crippen LogP contribution in [0.2, 0.25) is 0 Å². The molecule has 124 valence electrons. The molecule has 22 heavy (non-hydrogen) atoms. The van der Waals surface area contributed by atoms with Crippen LogP contribution in [0.15, 0.2) is 24.3 Å². The molecule has 0 spiro atoms. The predicted molar refractivity (Wildman–Crippen MR) is 91.2 cm³/mol. The molecular formula is C16H26ClN3O2. The van der Waals surface area contributed by atoms with E-state index in [9.17, 15) is 9.59 Å². The molecular weight excluding hydrogens is 302 g/mol. The number of hydrogen-bond donors (Lipinski definition) is 3. The normalized spacial score (nSPS) is 11.5. The van der Waals surface area contributed by atoms with Gasteiger partial charge < -0.3 is 16.4 Å². The second-order valence-corrected chi connectivity index (χ2v) is 5.55. The molecule has 0 aliphatic heterocycles. The Hall–Kier alpha value is -1.59.